The number of carbonyl (C=O) groups excluding carboxylic acids is 1. The molecular formula is C10H11FO3. The van der Waals surface area contributed by atoms with Gasteiger partial charge in [-0.15, -0.1) is 0 Å². The van der Waals surface area contributed by atoms with Gasteiger partial charge in [0.05, 0.1) is 19.3 Å². The molecule has 0 aliphatic rings. The Bertz CT molecular complexity index is 336. The van der Waals surface area contributed by atoms with Crippen molar-refractivity contribution >= 4 is 5.97 Å². The number of hydrogen-bond donors (Lipinski definition) is 0. The smallest absolute Gasteiger partial charge is 0.340 e. The molecule has 1 rings (SSSR count). The van der Waals surface area contributed by atoms with Crippen LogP contribution in [0.3, 0.4) is 0 Å². The van der Waals surface area contributed by atoms with Crippen molar-refractivity contribution in [3.05, 3.63) is 35.1 Å². The highest BCUT2D eigenvalue weighted by atomic mass is 19.1. The van der Waals surface area contributed by atoms with Gasteiger partial charge < -0.3 is 9.47 Å². The zero-order valence-electron chi connectivity index (χ0n) is 8.04. The molecule has 0 aromatic heterocycles. The van der Waals surface area contributed by atoms with E-state index in [1.165, 1.54) is 26.4 Å². The number of rotatable bonds is 3. The van der Waals surface area contributed by atoms with E-state index in [4.69, 9.17) is 4.74 Å². The van der Waals surface area contributed by atoms with Crippen LogP contribution in [0.25, 0.3) is 0 Å². The van der Waals surface area contributed by atoms with Crippen LogP contribution < -0.4 is 0 Å². The van der Waals surface area contributed by atoms with Crippen LogP contribution in [0.15, 0.2) is 18.2 Å². The Morgan fingerprint density at radius 1 is 1.43 bits per heavy atom. The fourth-order valence-electron chi connectivity index (χ4n) is 1.09. The van der Waals surface area contributed by atoms with Gasteiger partial charge in [0.2, 0.25) is 0 Å². The highest BCUT2D eigenvalue weighted by Crippen LogP contribution is 2.12. The van der Waals surface area contributed by atoms with Crippen LogP contribution in [0.2, 0.25) is 0 Å². The molecule has 0 atom stereocenters. The van der Waals surface area contributed by atoms with E-state index in [1.54, 1.807) is 6.07 Å². The number of esters is 1. The molecule has 0 radical (unpaired) electrons. The normalized spacial score (nSPS) is 9.93. The highest BCUT2D eigenvalue weighted by Gasteiger charge is 2.11. The number of halogens is 1. The van der Waals surface area contributed by atoms with Gasteiger partial charge in [-0.05, 0) is 17.7 Å². The lowest BCUT2D eigenvalue weighted by Crippen LogP contribution is -2.05. The summed E-state index contributed by atoms with van der Waals surface area (Å²) in [7, 11) is 2.73. The molecule has 0 saturated heterocycles. The number of hydrogen-bond acceptors (Lipinski definition) is 3. The summed E-state index contributed by atoms with van der Waals surface area (Å²) in [6.45, 7) is 0.318. The third kappa shape index (κ3) is 2.29. The Balaban J connectivity index is 2.95. The van der Waals surface area contributed by atoms with Gasteiger partial charge in [0, 0.05) is 7.11 Å². The van der Waals surface area contributed by atoms with Crippen molar-refractivity contribution in [2.24, 2.45) is 0 Å². The molecule has 14 heavy (non-hydrogen) atoms. The topological polar surface area (TPSA) is 35.5 Å². The van der Waals surface area contributed by atoms with E-state index in [2.05, 4.69) is 4.74 Å². The zero-order chi connectivity index (χ0) is 10.6. The second kappa shape index (κ2) is 4.72. The molecule has 0 unspecified atom stereocenters. The van der Waals surface area contributed by atoms with E-state index in [-0.39, 0.29) is 5.56 Å². The lowest BCUT2D eigenvalue weighted by molar-refractivity contribution is 0.0595. The van der Waals surface area contributed by atoms with Crippen molar-refractivity contribution in [3.8, 4) is 0 Å². The van der Waals surface area contributed by atoms with E-state index in [0.717, 1.165) is 0 Å². The van der Waals surface area contributed by atoms with Crippen molar-refractivity contribution in [1.29, 1.82) is 0 Å². The van der Waals surface area contributed by atoms with Gasteiger partial charge >= 0.3 is 5.97 Å². The Labute approximate surface area is 81.4 Å². The van der Waals surface area contributed by atoms with Crippen LogP contribution >= 0.6 is 0 Å². The summed E-state index contributed by atoms with van der Waals surface area (Å²) in [6.07, 6.45) is 0. The fourth-order valence-corrected chi connectivity index (χ4v) is 1.09. The predicted molar refractivity (Wildman–Crippen MR) is 48.5 cm³/mol. The van der Waals surface area contributed by atoms with Gasteiger partial charge in [-0.2, -0.15) is 0 Å². The third-order valence-electron chi connectivity index (χ3n) is 1.75. The summed E-state index contributed by atoms with van der Waals surface area (Å²) in [5, 5.41) is 0. The zero-order valence-corrected chi connectivity index (χ0v) is 8.04. The average Bonchev–Trinajstić information content (AvgIpc) is 2.17. The van der Waals surface area contributed by atoms with Crippen molar-refractivity contribution < 1.29 is 18.7 Å². The van der Waals surface area contributed by atoms with E-state index in [1.807, 2.05) is 0 Å². The molecule has 1 aromatic carbocycles. The molecule has 0 heterocycles. The Morgan fingerprint density at radius 2 is 2.14 bits per heavy atom. The van der Waals surface area contributed by atoms with Gasteiger partial charge in [-0.25, -0.2) is 9.18 Å². The van der Waals surface area contributed by atoms with Crippen molar-refractivity contribution in [1.82, 2.24) is 0 Å². The summed E-state index contributed by atoms with van der Waals surface area (Å²) >= 11 is 0. The van der Waals surface area contributed by atoms with Gasteiger partial charge in [0.25, 0.3) is 0 Å². The highest BCUT2D eigenvalue weighted by molar-refractivity contribution is 5.89. The van der Waals surface area contributed by atoms with Crippen molar-refractivity contribution in [2.45, 2.75) is 6.61 Å². The summed E-state index contributed by atoms with van der Waals surface area (Å²) in [4.78, 5) is 11.0. The Morgan fingerprint density at radius 3 is 2.64 bits per heavy atom. The molecule has 0 aliphatic carbocycles. The molecule has 0 saturated carbocycles. The molecule has 0 N–H and O–H groups in total. The first-order chi connectivity index (χ1) is 6.69. The lowest BCUT2D eigenvalue weighted by atomic mass is 10.1. The van der Waals surface area contributed by atoms with Crippen LogP contribution in [0.1, 0.15) is 15.9 Å². The predicted octanol–water partition coefficient (Wildman–Crippen LogP) is 1.76. The minimum Gasteiger partial charge on any atom is -0.465 e. The molecule has 0 fully saturated rings. The molecule has 0 amide bonds. The van der Waals surface area contributed by atoms with Gasteiger partial charge in [0.1, 0.15) is 5.82 Å². The maximum absolute atomic E-state index is 13.3. The summed E-state index contributed by atoms with van der Waals surface area (Å²) < 4.78 is 22.5. The maximum Gasteiger partial charge on any atom is 0.340 e. The molecule has 0 aliphatic heterocycles. The average molecular weight is 198 g/mol. The van der Waals surface area contributed by atoms with Crippen LogP contribution in [0.5, 0.6) is 0 Å². The van der Waals surface area contributed by atoms with Gasteiger partial charge in [-0.1, -0.05) is 6.07 Å². The molecule has 0 bridgehead atoms. The fraction of sp³-hybridized carbons (Fsp3) is 0.300. The minimum absolute atomic E-state index is 0.0626. The van der Waals surface area contributed by atoms with E-state index in [9.17, 15) is 9.18 Å². The van der Waals surface area contributed by atoms with Crippen LogP contribution in [-0.4, -0.2) is 20.2 Å². The third-order valence-corrected chi connectivity index (χ3v) is 1.75. The SMILES string of the molecule is COCc1ccc(C(=O)OC)c(F)c1. The van der Waals surface area contributed by atoms with Crippen LogP contribution in [0.4, 0.5) is 4.39 Å². The number of methoxy groups -OCH3 is 2. The first-order valence-corrected chi connectivity index (χ1v) is 4.04. The largest absolute Gasteiger partial charge is 0.465 e. The Hall–Kier alpha value is -1.42. The number of ether oxygens (including phenoxy) is 2. The quantitative estimate of drug-likeness (QED) is 0.694. The Kier molecular flexibility index (Phi) is 3.59. The first-order valence-electron chi connectivity index (χ1n) is 4.04. The maximum atomic E-state index is 13.3. The van der Waals surface area contributed by atoms with Crippen LogP contribution in [0, 0.1) is 5.82 Å². The van der Waals surface area contributed by atoms with E-state index < -0.39 is 11.8 Å². The minimum atomic E-state index is -0.675. The second-order valence-electron chi connectivity index (χ2n) is 2.74. The van der Waals surface area contributed by atoms with Crippen molar-refractivity contribution in [3.63, 3.8) is 0 Å². The number of benzene rings is 1. The lowest BCUT2D eigenvalue weighted by Gasteiger charge is -2.03. The van der Waals surface area contributed by atoms with Crippen molar-refractivity contribution in [2.75, 3.05) is 14.2 Å². The molecule has 4 heteroatoms. The van der Waals surface area contributed by atoms with Gasteiger partial charge in [-0.3, -0.25) is 0 Å². The number of carbonyl (C=O) groups is 1. The first kappa shape index (κ1) is 10.7. The van der Waals surface area contributed by atoms with Gasteiger partial charge in [0.15, 0.2) is 0 Å². The standard InChI is InChI=1S/C10H11FO3/c1-13-6-7-3-4-8(9(11)5-7)10(12)14-2/h3-5H,6H2,1-2H3. The molecule has 76 valence electrons. The van der Waals surface area contributed by atoms with E-state index in [0.29, 0.717) is 12.2 Å². The molecule has 3 nitrogen and oxygen atoms in total. The summed E-state index contributed by atoms with van der Waals surface area (Å²) in [5.41, 5.74) is 0.616. The molecular weight excluding hydrogens is 187 g/mol. The van der Waals surface area contributed by atoms with Crippen LogP contribution in [-0.2, 0) is 16.1 Å². The van der Waals surface area contributed by atoms with E-state index >= 15 is 0 Å². The monoisotopic (exact) mass is 198 g/mol. The second-order valence-corrected chi connectivity index (χ2v) is 2.74. The summed E-state index contributed by atoms with van der Waals surface area (Å²) in [6, 6.07) is 4.27. The molecule has 0 spiro atoms. The summed E-state index contributed by atoms with van der Waals surface area (Å²) in [5.74, 6) is -1.27. The molecule has 1 aromatic rings.